The van der Waals surface area contributed by atoms with Crippen molar-refractivity contribution < 1.29 is 18.7 Å². The summed E-state index contributed by atoms with van der Waals surface area (Å²) in [5.41, 5.74) is 4.84. The number of nitrogens with two attached hydrogens (primary N) is 1. The van der Waals surface area contributed by atoms with E-state index in [4.69, 9.17) is 10.8 Å². The maximum Gasteiger partial charge on any atom is 0.337 e. The number of carboxylic acids is 1. The van der Waals surface area contributed by atoms with Crippen LogP contribution in [0.5, 0.6) is 0 Å². The molecule has 19 heavy (non-hydrogen) atoms. The second-order valence-electron chi connectivity index (χ2n) is 3.83. The van der Waals surface area contributed by atoms with Crippen LogP contribution in [0, 0.1) is 11.6 Å². The van der Waals surface area contributed by atoms with Crippen LogP contribution in [-0.4, -0.2) is 11.1 Å². The molecule has 4 N–H and O–H groups in total. The van der Waals surface area contributed by atoms with E-state index >= 15 is 0 Å². The van der Waals surface area contributed by atoms with Crippen molar-refractivity contribution in [2.75, 3.05) is 11.1 Å². The van der Waals surface area contributed by atoms with Gasteiger partial charge < -0.3 is 16.2 Å². The average molecular weight is 264 g/mol. The van der Waals surface area contributed by atoms with Crippen molar-refractivity contribution in [2.24, 2.45) is 0 Å². The highest BCUT2D eigenvalue weighted by Crippen LogP contribution is 2.26. The van der Waals surface area contributed by atoms with Crippen LogP contribution in [0.3, 0.4) is 0 Å². The Labute approximate surface area is 107 Å². The number of halogens is 2. The molecule has 2 aromatic rings. The maximum absolute atomic E-state index is 13.7. The van der Waals surface area contributed by atoms with Gasteiger partial charge in [-0.15, -0.1) is 0 Å². The first-order valence-corrected chi connectivity index (χ1v) is 5.33. The molecular formula is C13H10F2N2O2. The van der Waals surface area contributed by atoms with Crippen molar-refractivity contribution in [3.8, 4) is 0 Å². The number of aromatic carboxylic acids is 1. The van der Waals surface area contributed by atoms with E-state index in [1.165, 1.54) is 18.2 Å². The predicted octanol–water partition coefficient (Wildman–Crippen LogP) is 2.99. The molecule has 0 spiro atoms. The lowest BCUT2D eigenvalue weighted by molar-refractivity contribution is 0.0698. The Kier molecular flexibility index (Phi) is 3.33. The van der Waals surface area contributed by atoms with Crippen molar-refractivity contribution >= 4 is 23.0 Å². The van der Waals surface area contributed by atoms with E-state index in [2.05, 4.69) is 5.32 Å². The molecule has 0 saturated heterocycles. The first-order valence-electron chi connectivity index (χ1n) is 5.33. The molecule has 0 saturated carbocycles. The third-order valence-electron chi connectivity index (χ3n) is 2.51. The summed E-state index contributed by atoms with van der Waals surface area (Å²) in [6.07, 6.45) is 0. The first-order chi connectivity index (χ1) is 8.99. The Morgan fingerprint density at radius 3 is 2.42 bits per heavy atom. The van der Waals surface area contributed by atoms with Crippen LogP contribution in [0.1, 0.15) is 10.4 Å². The molecule has 0 fully saturated rings. The van der Waals surface area contributed by atoms with E-state index in [0.717, 1.165) is 12.1 Å². The Balaban J connectivity index is 2.43. The molecule has 0 bridgehead atoms. The Hall–Kier alpha value is -2.63. The summed E-state index contributed by atoms with van der Waals surface area (Å²) in [5, 5.41) is 11.4. The van der Waals surface area contributed by atoms with E-state index in [-0.39, 0.29) is 22.6 Å². The first kappa shape index (κ1) is 12.8. The van der Waals surface area contributed by atoms with Crippen molar-refractivity contribution in [2.45, 2.75) is 0 Å². The van der Waals surface area contributed by atoms with Crippen LogP contribution >= 0.6 is 0 Å². The summed E-state index contributed by atoms with van der Waals surface area (Å²) >= 11 is 0. The molecule has 2 rings (SSSR count). The van der Waals surface area contributed by atoms with E-state index in [9.17, 15) is 13.6 Å². The number of nitrogens with one attached hydrogen (secondary N) is 1. The molecule has 0 radical (unpaired) electrons. The van der Waals surface area contributed by atoms with E-state index in [1.54, 1.807) is 6.07 Å². The summed E-state index contributed by atoms with van der Waals surface area (Å²) in [5.74, 6) is -2.62. The fraction of sp³-hybridized carbons (Fsp3) is 0. The summed E-state index contributed by atoms with van der Waals surface area (Å²) in [7, 11) is 0. The quantitative estimate of drug-likeness (QED) is 0.745. The standard InChI is InChI=1S/C13H10F2N2O2/c14-8-3-1-2-4-11(8)17-12-5-7(13(18)19)10(16)6-9(12)15/h1-6,17H,16H2,(H,18,19). The highest BCUT2D eigenvalue weighted by molar-refractivity contribution is 5.95. The molecule has 0 unspecified atom stereocenters. The number of rotatable bonds is 3. The van der Waals surface area contributed by atoms with Crippen molar-refractivity contribution in [3.05, 3.63) is 53.6 Å². The Morgan fingerprint density at radius 2 is 1.79 bits per heavy atom. The lowest BCUT2D eigenvalue weighted by atomic mass is 10.1. The van der Waals surface area contributed by atoms with Gasteiger partial charge in [0.2, 0.25) is 0 Å². The number of anilines is 3. The maximum atomic E-state index is 13.7. The normalized spacial score (nSPS) is 10.2. The summed E-state index contributed by atoms with van der Waals surface area (Å²) in [4.78, 5) is 10.9. The van der Waals surface area contributed by atoms with Crippen LogP contribution in [-0.2, 0) is 0 Å². The number of para-hydroxylation sites is 1. The molecule has 2 aromatic carbocycles. The Morgan fingerprint density at radius 1 is 1.11 bits per heavy atom. The molecule has 0 atom stereocenters. The smallest absolute Gasteiger partial charge is 0.337 e. The number of carboxylic acid groups (broad SMARTS) is 1. The highest BCUT2D eigenvalue weighted by atomic mass is 19.1. The molecule has 0 heterocycles. The molecular weight excluding hydrogens is 254 g/mol. The molecule has 0 aliphatic carbocycles. The molecule has 4 nitrogen and oxygen atoms in total. The molecule has 0 aliphatic rings. The highest BCUT2D eigenvalue weighted by Gasteiger charge is 2.14. The van der Waals surface area contributed by atoms with Crippen LogP contribution in [0.4, 0.5) is 25.8 Å². The second kappa shape index (κ2) is 4.93. The van der Waals surface area contributed by atoms with Gasteiger partial charge in [-0.05, 0) is 24.3 Å². The zero-order chi connectivity index (χ0) is 14.0. The van der Waals surface area contributed by atoms with Gasteiger partial charge >= 0.3 is 5.97 Å². The number of nitrogen functional groups attached to an aromatic ring is 1. The molecule has 6 heteroatoms. The van der Waals surface area contributed by atoms with Crippen LogP contribution in [0.2, 0.25) is 0 Å². The minimum Gasteiger partial charge on any atom is -0.478 e. The van der Waals surface area contributed by atoms with E-state index in [0.29, 0.717) is 0 Å². The summed E-state index contributed by atoms with van der Waals surface area (Å²) in [6, 6.07) is 7.58. The number of hydrogen-bond donors (Lipinski definition) is 3. The third-order valence-corrected chi connectivity index (χ3v) is 2.51. The topological polar surface area (TPSA) is 75.3 Å². The van der Waals surface area contributed by atoms with Gasteiger partial charge in [-0.25, -0.2) is 13.6 Å². The van der Waals surface area contributed by atoms with E-state index < -0.39 is 17.6 Å². The lowest BCUT2D eigenvalue weighted by Gasteiger charge is -2.10. The van der Waals surface area contributed by atoms with Gasteiger partial charge in [0.1, 0.15) is 11.6 Å². The summed E-state index contributed by atoms with van der Waals surface area (Å²) < 4.78 is 27.1. The number of benzene rings is 2. The second-order valence-corrected chi connectivity index (χ2v) is 3.83. The van der Waals surface area contributed by atoms with Crippen molar-refractivity contribution in [1.82, 2.24) is 0 Å². The van der Waals surface area contributed by atoms with Crippen LogP contribution in [0.15, 0.2) is 36.4 Å². The largest absolute Gasteiger partial charge is 0.478 e. The van der Waals surface area contributed by atoms with Gasteiger partial charge in [0, 0.05) is 5.69 Å². The summed E-state index contributed by atoms with van der Waals surface area (Å²) in [6.45, 7) is 0. The Bertz CT molecular complexity index is 645. The average Bonchev–Trinajstić information content (AvgIpc) is 2.34. The van der Waals surface area contributed by atoms with Gasteiger partial charge in [-0.3, -0.25) is 0 Å². The van der Waals surface area contributed by atoms with E-state index in [1.807, 2.05) is 0 Å². The minimum atomic E-state index is -1.28. The van der Waals surface area contributed by atoms with Crippen LogP contribution in [0.25, 0.3) is 0 Å². The molecule has 0 aromatic heterocycles. The number of carbonyl (C=O) groups is 1. The molecule has 0 aliphatic heterocycles. The van der Waals surface area contributed by atoms with Gasteiger partial charge in [-0.1, -0.05) is 12.1 Å². The SMILES string of the molecule is Nc1cc(F)c(Nc2ccccc2F)cc1C(=O)O. The zero-order valence-electron chi connectivity index (χ0n) is 9.65. The fourth-order valence-corrected chi connectivity index (χ4v) is 1.58. The minimum absolute atomic E-state index is 0.0440. The molecule has 0 amide bonds. The van der Waals surface area contributed by atoms with Crippen molar-refractivity contribution in [1.29, 1.82) is 0 Å². The fourth-order valence-electron chi connectivity index (χ4n) is 1.58. The number of hydrogen-bond acceptors (Lipinski definition) is 3. The monoisotopic (exact) mass is 264 g/mol. The van der Waals surface area contributed by atoms with Gasteiger partial charge in [0.25, 0.3) is 0 Å². The predicted molar refractivity (Wildman–Crippen MR) is 67.5 cm³/mol. The molecule has 98 valence electrons. The van der Waals surface area contributed by atoms with Crippen molar-refractivity contribution in [3.63, 3.8) is 0 Å². The van der Waals surface area contributed by atoms with Gasteiger partial charge in [0.15, 0.2) is 0 Å². The van der Waals surface area contributed by atoms with Crippen LogP contribution < -0.4 is 11.1 Å². The third kappa shape index (κ3) is 2.62. The van der Waals surface area contributed by atoms with Gasteiger partial charge in [-0.2, -0.15) is 0 Å². The zero-order valence-corrected chi connectivity index (χ0v) is 9.65. The lowest BCUT2D eigenvalue weighted by Crippen LogP contribution is -2.05. The van der Waals surface area contributed by atoms with Gasteiger partial charge in [0.05, 0.1) is 16.9 Å².